The molecule has 0 fully saturated rings. The highest BCUT2D eigenvalue weighted by Gasteiger charge is 2.11. The number of hydrogen-bond acceptors (Lipinski definition) is 5. The van der Waals surface area contributed by atoms with Gasteiger partial charge in [0.15, 0.2) is 0 Å². The van der Waals surface area contributed by atoms with Crippen LogP contribution in [0.5, 0.6) is 0 Å². The van der Waals surface area contributed by atoms with Crippen molar-refractivity contribution in [3.05, 3.63) is 11.6 Å². The highest BCUT2D eigenvalue weighted by molar-refractivity contribution is 4.93. The smallest absolute Gasteiger partial charge is 0.147 e. The van der Waals surface area contributed by atoms with E-state index >= 15 is 0 Å². The van der Waals surface area contributed by atoms with Gasteiger partial charge in [0.2, 0.25) is 0 Å². The molecule has 98 valence electrons. The summed E-state index contributed by atoms with van der Waals surface area (Å²) in [4.78, 5) is 2.08. The molecule has 6 nitrogen and oxygen atoms in total. The predicted octanol–water partition coefficient (Wildman–Crippen LogP) is -0.217. The topological polar surface area (TPSA) is 74.4 Å². The summed E-state index contributed by atoms with van der Waals surface area (Å²) in [6.07, 6.45) is 0.708. The summed E-state index contributed by atoms with van der Waals surface area (Å²) >= 11 is 0. The van der Waals surface area contributed by atoms with Crippen molar-refractivity contribution in [3.8, 4) is 0 Å². The second-order valence-corrected chi connectivity index (χ2v) is 3.98. The first kappa shape index (κ1) is 14.1. The fourth-order valence-corrected chi connectivity index (χ4v) is 1.86. The lowest BCUT2D eigenvalue weighted by Crippen LogP contribution is -2.29. The molecule has 0 aliphatic carbocycles. The van der Waals surface area contributed by atoms with E-state index in [1.165, 1.54) is 0 Å². The van der Waals surface area contributed by atoms with Gasteiger partial charge in [0, 0.05) is 26.2 Å². The molecule has 1 rings (SSSR count). The summed E-state index contributed by atoms with van der Waals surface area (Å²) in [6.45, 7) is 7.14. The van der Waals surface area contributed by atoms with E-state index < -0.39 is 0 Å². The van der Waals surface area contributed by atoms with Crippen LogP contribution in [0.2, 0.25) is 0 Å². The van der Waals surface area contributed by atoms with Crippen molar-refractivity contribution in [1.29, 1.82) is 0 Å². The molecule has 0 aromatic carbocycles. The number of nitrogens with zero attached hydrogens (tertiary/aromatic N) is 4. The van der Waals surface area contributed by atoms with E-state index in [4.69, 9.17) is 10.2 Å². The molecule has 0 unspecified atom stereocenters. The molecule has 0 spiro atoms. The van der Waals surface area contributed by atoms with Crippen molar-refractivity contribution in [3.63, 3.8) is 0 Å². The van der Waals surface area contributed by atoms with Gasteiger partial charge in [0.05, 0.1) is 13.2 Å². The van der Waals surface area contributed by atoms with Gasteiger partial charge >= 0.3 is 0 Å². The quantitative estimate of drug-likeness (QED) is 0.659. The average molecular weight is 242 g/mol. The van der Waals surface area contributed by atoms with Gasteiger partial charge in [-0.3, -0.25) is 4.90 Å². The lowest BCUT2D eigenvalue weighted by atomic mass is 10.3. The molecule has 0 aliphatic rings. The first-order valence-electron chi connectivity index (χ1n) is 6.05. The Bertz CT molecular complexity index is 327. The molecule has 2 N–H and O–H groups in total. The Morgan fingerprint density at radius 2 is 1.94 bits per heavy atom. The SMILES string of the molecule is CCn1c(C)nnc1CN(CCO)CCCO. The fourth-order valence-electron chi connectivity index (χ4n) is 1.86. The zero-order valence-corrected chi connectivity index (χ0v) is 10.6. The van der Waals surface area contributed by atoms with Gasteiger partial charge in [0.25, 0.3) is 0 Å². The number of aliphatic hydroxyl groups excluding tert-OH is 2. The minimum Gasteiger partial charge on any atom is -0.396 e. The van der Waals surface area contributed by atoms with Crippen LogP contribution in [0.25, 0.3) is 0 Å². The molecule has 0 saturated heterocycles. The second-order valence-electron chi connectivity index (χ2n) is 3.98. The third kappa shape index (κ3) is 4.07. The van der Waals surface area contributed by atoms with Crippen molar-refractivity contribution < 1.29 is 10.2 Å². The number of rotatable bonds is 8. The Labute approximate surface area is 102 Å². The van der Waals surface area contributed by atoms with E-state index in [-0.39, 0.29) is 13.2 Å². The van der Waals surface area contributed by atoms with Crippen molar-refractivity contribution in [2.24, 2.45) is 0 Å². The molecule has 17 heavy (non-hydrogen) atoms. The monoisotopic (exact) mass is 242 g/mol. The van der Waals surface area contributed by atoms with Gasteiger partial charge in [-0.25, -0.2) is 0 Å². The summed E-state index contributed by atoms with van der Waals surface area (Å²) in [6, 6.07) is 0. The Morgan fingerprint density at radius 3 is 2.53 bits per heavy atom. The van der Waals surface area contributed by atoms with Gasteiger partial charge < -0.3 is 14.8 Å². The van der Waals surface area contributed by atoms with Crippen LogP contribution in [0, 0.1) is 6.92 Å². The lowest BCUT2D eigenvalue weighted by molar-refractivity contribution is 0.170. The molecule has 0 radical (unpaired) electrons. The summed E-state index contributed by atoms with van der Waals surface area (Å²) < 4.78 is 2.06. The normalized spacial score (nSPS) is 11.4. The number of aryl methyl sites for hydroxylation is 1. The Morgan fingerprint density at radius 1 is 1.18 bits per heavy atom. The van der Waals surface area contributed by atoms with Crippen LogP contribution in [0.4, 0.5) is 0 Å². The third-order valence-electron chi connectivity index (χ3n) is 2.74. The highest BCUT2D eigenvalue weighted by atomic mass is 16.3. The summed E-state index contributed by atoms with van der Waals surface area (Å²) in [5.74, 6) is 1.82. The van der Waals surface area contributed by atoms with Crippen molar-refractivity contribution in [2.45, 2.75) is 33.4 Å². The summed E-state index contributed by atoms with van der Waals surface area (Å²) in [5.41, 5.74) is 0. The Hall–Kier alpha value is -0.980. The highest BCUT2D eigenvalue weighted by Crippen LogP contribution is 2.05. The van der Waals surface area contributed by atoms with E-state index in [1.807, 2.05) is 6.92 Å². The van der Waals surface area contributed by atoms with E-state index in [1.54, 1.807) is 0 Å². The molecule has 1 aromatic heterocycles. The maximum absolute atomic E-state index is 9.00. The zero-order chi connectivity index (χ0) is 12.7. The van der Waals surface area contributed by atoms with Gasteiger partial charge in [-0.2, -0.15) is 0 Å². The molecule has 1 aromatic rings. The largest absolute Gasteiger partial charge is 0.396 e. The minimum absolute atomic E-state index is 0.116. The molecule has 0 aliphatic heterocycles. The van der Waals surface area contributed by atoms with Crippen LogP contribution in [-0.4, -0.2) is 56.2 Å². The molecule has 0 amide bonds. The van der Waals surface area contributed by atoms with Crippen molar-refractivity contribution in [1.82, 2.24) is 19.7 Å². The van der Waals surface area contributed by atoms with Gasteiger partial charge in [-0.15, -0.1) is 10.2 Å². The fraction of sp³-hybridized carbons (Fsp3) is 0.818. The van der Waals surface area contributed by atoms with Crippen molar-refractivity contribution >= 4 is 0 Å². The lowest BCUT2D eigenvalue weighted by Gasteiger charge is -2.20. The molecular formula is C11H22N4O2. The van der Waals surface area contributed by atoms with Gasteiger partial charge in [0.1, 0.15) is 11.6 Å². The molecule has 0 bridgehead atoms. The van der Waals surface area contributed by atoms with Crippen LogP contribution in [0.1, 0.15) is 25.0 Å². The van der Waals surface area contributed by atoms with Gasteiger partial charge in [-0.1, -0.05) is 0 Å². The number of aliphatic hydroxyl groups is 2. The zero-order valence-electron chi connectivity index (χ0n) is 10.6. The van der Waals surface area contributed by atoms with E-state index in [2.05, 4.69) is 26.6 Å². The Balaban J connectivity index is 2.64. The minimum atomic E-state index is 0.116. The van der Waals surface area contributed by atoms with E-state index in [0.717, 1.165) is 24.7 Å². The van der Waals surface area contributed by atoms with Crippen molar-refractivity contribution in [2.75, 3.05) is 26.3 Å². The first-order valence-corrected chi connectivity index (χ1v) is 6.05. The van der Waals surface area contributed by atoms with Crippen LogP contribution in [0.3, 0.4) is 0 Å². The number of aromatic nitrogens is 3. The van der Waals surface area contributed by atoms with E-state index in [9.17, 15) is 0 Å². The maximum Gasteiger partial charge on any atom is 0.147 e. The molecule has 0 saturated carbocycles. The summed E-state index contributed by atoms with van der Waals surface area (Å²) in [7, 11) is 0. The van der Waals surface area contributed by atoms with Gasteiger partial charge in [-0.05, 0) is 20.3 Å². The van der Waals surface area contributed by atoms with Crippen LogP contribution in [-0.2, 0) is 13.1 Å². The predicted molar refractivity (Wildman–Crippen MR) is 64.5 cm³/mol. The summed E-state index contributed by atoms with van der Waals surface area (Å²) in [5, 5.41) is 26.0. The standard InChI is InChI=1S/C11H22N4O2/c1-3-15-10(2)12-13-11(15)9-14(6-8-17)5-4-7-16/h16-17H,3-9H2,1-2H3. The van der Waals surface area contributed by atoms with E-state index in [0.29, 0.717) is 19.5 Å². The number of hydrogen-bond donors (Lipinski definition) is 2. The van der Waals surface area contributed by atoms with Crippen LogP contribution < -0.4 is 0 Å². The molecular weight excluding hydrogens is 220 g/mol. The van der Waals surface area contributed by atoms with Crippen LogP contribution >= 0.6 is 0 Å². The molecule has 1 heterocycles. The molecule has 6 heteroatoms. The third-order valence-corrected chi connectivity index (χ3v) is 2.74. The first-order chi connectivity index (χ1) is 8.22. The maximum atomic E-state index is 9.00. The average Bonchev–Trinajstić information content (AvgIpc) is 2.67. The molecule has 0 atom stereocenters. The Kier molecular flexibility index (Phi) is 6.10. The second kappa shape index (κ2) is 7.37. The van der Waals surface area contributed by atoms with Crippen LogP contribution in [0.15, 0.2) is 0 Å².